The van der Waals surface area contributed by atoms with E-state index in [9.17, 15) is 9.59 Å². The minimum absolute atomic E-state index is 0. The van der Waals surface area contributed by atoms with Crippen molar-refractivity contribution in [3.8, 4) is 0 Å². The zero-order valence-electron chi connectivity index (χ0n) is 13.9. The Balaban J connectivity index is 0.00000529. The molecular formula is C16H27NO6. The van der Waals surface area contributed by atoms with Crippen LogP contribution in [0, 0.1) is 5.92 Å². The number of hydrogen-bond donors (Lipinski definition) is 1. The summed E-state index contributed by atoms with van der Waals surface area (Å²) >= 11 is 0. The molecule has 1 amide bonds. The Bertz CT molecular complexity index is 446. The molecule has 0 aliphatic heterocycles. The lowest BCUT2D eigenvalue weighted by Crippen LogP contribution is -2.49. The SMILES string of the molecule is COCC(COC)[C@H](NC(=O)OCC1=CCCC=C1)C(=O)OC.[HH]. The number of carbonyl (C=O) groups is 2. The van der Waals surface area contributed by atoms with Gasteiger partial charge in [0.2, 0.25) is 0 Å². The predicted octanol–water partition coefficient (Wildman–Crippen LogP) is 1.69. The van der Waals surface area contributed by atoms with E-state index in [0.29, 0.717) is 0 Å². The molecule has 0 aromatic heterocycles. The molecule has 1 rings (SSSR count). The molecule has 7 heteroatoms. The summed E-state index contributed by atoms with van der Waals surface area (Å²) in [5, 5.41) is 2.53. The topological polar surface area (TPSA) is 83.1 Å². The van der Waals surface area contributed by atoms with Crippen LogP contribution in [0.5, 0.6) is 0 Å². The Hall–Kier alpha value is -1.86. The van der Waals surface area contributed by atoms with Crippen LogP contribution in [-0.4, -0.2) is 59.3 Å². The van der Waals surface area contributed by atoms with Gasteiger partial charge in [0.25, 0.3) is 0 Å². The number of esters is 1. The van der Waals surface area contributed by atoms with E-state index in [1.807, 2.05) is 18.2 Å². The van der Waals surface area contributed by atoms with Crippen molar-refractivity contribution >= 4 is 12.1 Å². The smallest absolute Gasteiger partial charge is 0.408 e. The van der Waals surface area contributed by atoms with Crippen molar-refractivity contribution in [2.24, 2.45) is 5.92 Å². The molecule has 0 aromatic rings. The van der Waals surface area contributed by atoms with Gasteiger partial charge < -0.3 is 24.3 Å². The van der Waals surface area contributed by atoms with E-state index >= 15 is 0 Å². The molecule has 1 aliphatic carbocycles. The van der Waals surface area contributed by atoms with Crippen molar-refractivity contribution in [2.45, 2.75) is 18.9 Å². The van der Waals surface area contributed by atoms with E-state index in [1.165, 1.54) is 21.3 Å². The van der Waals surface area contributed by atoms with Gasteiger partial charge in [-0.1, -0.05) is 18.2 Å². The summed E-state index contributed by atoms with van der Waals surface area (Å²) in [4.78, 5) is 23.9. The molecule has 1 aliphatic rings. The first-order valence-corrected chi connectivity index (χ1v) is 7.47. The highest BCUT2D eigenvalue weighted by atomic mass is 16.6. The molecule has 0 radical (unpaired) electrons. The van der Waals surface area contributed by atoms with Gasteiger partial charge in [-0.25, -0.2) is 9.59 Å². The highest BCUT2D eigenvalue weighted by Gasteiger charge is 2.31. The van der Waals surface area contributed by atoms with Gasteiger partial charge in [0.05, 0.1) is 20.3 Å². The summed E-state index contributed by atoms with van der Waals surface area (Å²) in [6.07, 6.45) is 7.22. The molecule has 0 aromatic carbocycles. The third kappa shape index (κ3) is 6.83. The maximum atomic E-state index is 12.0. The summed E-state index contributed by atoms with van der Waals surface area (Å²) < 4.78 is 20.0. The number of rotatable bonds is 9. The van der Waals surface area contributed by atoms with E-state index in [1.54, 1.807) is 0 Å². The number of carbonyl (C=O) groups excluding carboxylic acids is 2. The van der Waals surface area contributed by atoms with Gasteiger partial charge >= 0.3 is 12.1 Å². The van der Waals surface area contributed by atoms with Crippen LogP contribution in [0.3, 0.4) is 0 Å². The second kappa shape index (κ2) is 10.8. The third-order valence-electron chi connectivity index (χ3n) is 3.40. The number of nitrogens with one attached hydrogen (secondary N) is 1. The van der Waals surface area contributed by atoms with Crippen LogP contribution in [0.1, 0.15) is 14.3 Å². The molecule has 0 unspecified atom stereocenters. The van der Waals surface area contributed by atoms with Crippen molar-refractivity contribution in [1.82, 2.24) is 5.32 Å². The molecule has 0 bridgehead atoms. The zero-order valence-corrected chi connectivity index (χ0v) is 13.9. The minimum Gasteiger partial charge on any atom is -0.467 e. The lowest BCUT2D eigenvalue weighted by atomic mass is 10.0. The Morgan fingerprint density at radius 2 is 1.91 bits per heavy atom. The fourth-order valence-corrected chi connectivity index (χ4v) is 2.26. The molecule has 132 valence electrons. The highest BCUT2D eigenvalue weighted by Crippen LogP contribution is 2.11. The zero-order chi connectivity index (χ0) is 17.1. The number of ether oxygens (including phenoxy) is 4. The van der Waals surface area contributed by atoms with E-state index in [4.69, 9.17) is 18.9 Å². The summed E-state index contributed by atoms with van der Waals surface area (Å²) in [5.74, 6) is -0.948. The van der Waals surface area contributed by atoms with Crippen LogP contribution in [0.4, 0.5) is 4.79 Å². The molecule has 0 spiro atoms. The number of alkyl carbamates (subject to hydrolysis) is 1. The normalized spacial score (nSPS) is 15.0. The molecule has 0 heterocycles. The van der Waals surface area contributed by atoms with Crippen molar-refractivity contribution < 1.29 is 30.0 Å². The van der Waals surface area contributed by atoms with Gasteiger partial charge in [-0.05, 0) is 18.4 Å². The highest BCUT2D eigenvalue weighted by molar-refractivity contribution is 5.81. The average molecular weight is 329 g/mol. The van der Waals surface area contributed by atoms with Gasteiger partial charge in [-0.15, -0.1) is 0 Å². The Morgan fingerprint density at radius 1 is 1.22 bits per heavy atom. The van der Waals surface area contributed by atoms with Gasteiger partial charge in [0, 0.05) is 21.6 Å². The fourth-order valence-electron chi connectivity index (χ4n) is 2.26. The van der Waals surface area contributed by atoms with Gasteiger partial charge in [-0.2, -0.15) is 0 Å². The quantitative estimate of drug-likeness (QED) is 0.648. The molecule has 0 fully saturated rings. The maximum absolute atomic E-state index is 12.0. The van der Waals surface area contributed by atoms with Crippen LogP contribution in [0.15, 0.2) is 23.8 Å². The minimum atomic E-state index is -0.900. The first kappa shape index (κ1) is 19.2. The lowest BCUT2D eigenvalue weighted by molar-refractivity contribution is -0.145. The monoisotopic (exact) mass is 329 g/mol. The third-order valence-corrected chi connectivity index (χ3v) is 3.40. The van der Waals surface area contributed by atoms with Gasteiger partial charge in [0.15, 0.2) is 0 Å². The van der Waals surface area contributed by atoms with E-state index < -0.39 is 18.1 Å². The molecule has 23 heavy (non-hydrogen) atoms. The standard InChI is InChI=1S/C16H25NO6.H2/c1-20-10-13(11-21-2)14(15(18)22-3)17-16(19)23-9-12-7-5-4-6-8-12;/h5,7-8,13-14H,4,6,9-11H2,1-3H3,(H,17,19);1H/t14-;/m0./s1. The van der Waals surface area contributed by atoms with Crippen LogP contribution in [0.25, 0.3) is 0 Å². The Labute approximate surface area is 138 Å². The Kier molecular flexibility index (Phi) is 9.01. The van der Waals surface area contributed by atoms with E-state index in [-0.39, 0.29) is 27.2 Å². The second-order valence-corrected chi connectivity index (χ2v) is 5.15. The Morgan fingerprint density at radius 3 is 2.43 bits per heavy atom. The van der Waals surface area contributed by atoms with Crippen LogP contribution in [0.2, 0.25) is 0 Å². The second-order valence-electron chi connectivity index (χ2n) is 5.15. The van der Waals surface area contributed by atoms with Gasteiger partial charge in [-0.3, -0.25) is 0 Å². The molecule has 1 atom stereocenters. The summed E-state index contributed by atoms with van der Waals surface area (Å²) in [5.41, 5.74) is 0.936. The van der Waals surface area contributed by atoms with E-state index in [2.05, 4.69) is 5.32 Å². The summed E-state index contributed by atoms with van der Waals surface area (Å²) in [6.45, 7) is 0.638. The van der Waals surface area contributed by atoms with Crippen LogP contribution < -0.4 is 5.32 Å². The van der Waals surface area contributed by atoms with Crippen LogP contribution >= 0.6 is 0 Å². The molecule has 1 N–H and O–H groups in total. The molecular weight excluding hydrogens is 302 g/mol. The van der Waals surface area contributed by atoms with Crippen molar-refractivity contribution in [3.63, 3.8) is 0 Å². The summed E-state index contributed by atoms with van der Waals surface area (Å²) in [6, 6.07) is -0.900. The molecule has 7 nitrogen and oxygen atoms in total. The van der Waals surface area contributed by atoms with Crippen LogP contribution in [-0.2, 0) is 23.7 Å². The van der Waals surface area contributed by atoms with Crippen molar-refractivity contribution in [3.05, 3.63) is 23.8 Å². The fraction of sp³-hybridized carbons (Fsp3) is 0.625. The van der Waals surface area contributed by atoms with Crippen molar-refractivity contribution in [1.29, 1.82) is 0 Å². The van der Waals surface area contributed by atoms with E-state index in [0.717, 1.165) is 18.4 Å². The molecule has 0 saturated carbocycles. The first-order chi connectivity index (χ1) is 11.1. The number of amides is 1. The number of allylic oxidation sites excluding steroid dienone is 2. The number of methoxy groups -OCH3 is 3. The summed E-state index contributed by atoms with van der Waals surface area (Å²) in [7, 11) is 4.28. The van der Waals surface area contributed by atoms with Gasteiger partial charge in [0.1, 0.15) is 12.6 Å². The first-order valence-electron chi connectivity index (χ1n) is 7.47. The molecule has 0 saturated heterocycles. The average Bonchev–Trinajstić information content (AvgIpc) is 2.58. The lowest BCUT2D eigenvalue weighted by Gasteiger charge is -2.24. The predicted molar refractivity (Wildman–Crippen MR) is 86.1 cm³/mol. The van der Waals surface area contributed by atoms with Crippen molar-refractivity contribution in [2.75, 3.05) is 41.2 Å². The number of hydrogen-bond acceptors (Lipinski definition) is 6. The maximum Gasteiger partial charge on any atom is 0.408 e. The largest absolute Gasteiger partial charge is 0.467 e.